The Hall–Kier alpha value is -1.32. The summed E-state index contributed by atoms with van der Waals surface area (Å²) < 4.78 is 0. The molecular weight excluding hydrogens is 240 g/mol. The largest absolute Gasteiger partial charge is 0.343 e. The summed E-state index contributed by atoms with van der Waals surface area (Å²) in [5, 5.41) is 2.86. The van der Waals surface area contributed by atoms with E-state index in [1.165, 1.54) is 5.57 Å². The Balaban J connectivity index is 2.31. The van der Waals surface area contributed by atoms with E-state index in [9.17, 15) is 9.59 Å². The molecular formula is C15H24N2O2. The zero-order valence-corrected chi connectivity index (χ0v) is 12.2. The van der Waals surface area contributed by atoms with Crippen LogP contribution in [0.2, 0.25) is 0 Å². The highest BCUT2D eigenvalue weighted by atomic mass is 16.2. The molecule has 1 aliphatic heterocycles. The van der Waals surface area contributed by atoms with Gasteiger partial charge in [-0.25, -0.2) is 0 Å². The highest BCUT2D eigenvalue weighted by Crippen LogP contribution is 2.36. The second-order valence-electron chi connectivity index (χ2n) is 6.02. The van der Waals surface area contributed by atoms with Crippen LogP contribution >= 0.6 is 0 Å². The van der Waals surface area contributed by atoms with Crippen LogP contribution in [0.25, 0.3) is 0 Å². The summed E-state index contributed by atoms with van der Waals surface area (Å²) in [6, 6.07) is -0.398. The van der Waals surface area contributed by atoms with E-state index < -0.39 is 11.6 Å². The first-order valence-corrected chi connectivity index (χ1v) is 7.23. The summed E-state index contributed by atoms with van der Waals surface area (Å²) in [5.74, 6) is 0.0976. The molecule has 2 rings (SSSR count). The summed E-state index contributed by atoms with van der Waals surface area (Å²) in [7, 11) is 0. The van der Waals surface area contributed by atoms with Gasteiger partial charge >= 0.3 is 0 Å². The molecule has 0 radical (unpaired) electrons. The van der Waals surface area contributed by atoms with Crippen LogP contribution in [0, 0.1) is 0 Å². The number of amides is 2. The summed E-state index contributed by atoms with van der Waals surface area (Å²) in [6.45, 7) is 6.36. The summed E-state index contributed by atoms with van der Waals surface area (Å²) >= 11 is 0. The standard InChI is InChI=1S/C15H24N2O2/c1-11(2)7-10-17-13(18)12(3)16-14(19)15(17)8-5-4-6-9-15/h7,12H,4-6,8-10H2,1-3H3,(H,16,19). The fraction of sp³-hybridized carbons (Fsp3) is 0.733. The van der Waals surface area contributed by atoms with Crippen molar-refractivity contribution in [2.45, 2.75) is 64.5 Å². The lowest BCUT2D eigenvalue weighted by Gasteiger charge is -2.49. The quantitative estimate of drug-likeness (QED) is 0.776. The van der Waals surface area contributed by atoms with Crippen LogP contribution in [0.1, 0.15) is 52.9 Å². The molecule has 0 aromatic heterocycles. The molecule has 4 heteroatoms. The molecule has 2 fully saturated rings. The number of hydrogen-bond donors (Lipinski definition) is 1. The first-order chi connectivity index (χ1) is 8.97. The fourth-order valence-electron chi connectivity index (χ4n) is 3.13. The summed E-state index contributed by atoms with van der Waals surface area (Å²) in [6.07, 6.45) is 6.86. The van der Waals surface area contributed by atoms with Crippen molar-refractivity contribution in [2.75, 3.05) is 6.54 Å². The number of nitrogens with one attached hydrogen (secondary N) is 1. The van der Waals surface area contributed by atoms with Crippen LogP contribution in [-0.2, 0) is 9.59 Å². The number of carbonyl (C=O) groups is 2. The molecule has 1 unspecified atom stereocenters. The van der Waals surface area contributed by atoms with Crippen LogP contribution in [-0.4, -0.2) is 34.8 Å². The third-order valence-corrected chi connectivity index (χ3v) is 4.29. The molecule has 2 amide bonds. The van der Waals surface area contributed by atoms with Gasteiger partial charge in [-0.05, 0) is 33.6 Å². The Kier molecular flexibility index (Phi) is 3.97. The fourth-order valence-corrected chi connectivity index (χ4v) is 3.13. The average molecular weight is 264 g/mol. The maximum absolute atomic E-state index is 12.5. The normalized spacial score (nSPS) is 26.3. The molecule has 0 bridgehead atoms. The number of rotatable bonds is 2. The van der Waals surface area contributed by atoms with E-state index in [1.54, 1.807) is 6.92 Å². The lowest BCUT2D eigenvalue weighted by atomic mass is 9.77. The van der Waals surface area contributed by atoms with Gasteiger partial charge in [-0.15, -0.1) is 0 Å². The van der Waals surface area contributed by atoms with Gasteiger partial charge in [0, 0.05) is 6.54 Å². The Morgan fingerprint density at radius 2 is 1.95 bits per heavy atom. The lowest BCUT2D eigenvalue weighted by molar-refractivity contribution is -0.158. The lowest BCUT2D eigenvalue weighted by Crippen LogP contribution is -2.70. The molecule has 19 heavy (non-hydrogen) atoms. The molecule has 1 saturated heterocycles. The number of nitrogens with zero attached hydrogens (tertiary/aromatic N) is 1. The van der Waals surface area contributed by atoms with E-state index in [-0.39, 0.29) is 11.8 Å². The molecule has 2 aliphatic rings. The minimum atomic E-state index is -0.589. The predicted octanol–water partition coefficient (Wildman–Crippen LogP) is 2.00. The molecule has 1 spiro atoms. The molecule has 1 saturated carbocycles. The Morgan fingerprint density at radius 1 is 1.32 bits per heavy atom. The molecule has 1 N–H and O–H groups in total. The van der Waals surface area contributed by atoms with Gasteiger partial charge in [-0.1, -0.05) is 30.9 Å². The molecule has 106 valence electrons. The highest BCUT2D eigenvalue weighted by molar-refractivity contribution is 5.99. The molecule has 1 aliphatic carbocycles. The van der Waals surface area contributed by atoms with Crippen LogP contribution in [0.4, 0.5) is 0 Å². The zero-order valence-electron chi connectivity index (χ0n) is 12.2. The van der Waals surface area contributed by atoms with Crippen molar-refractivity contribution in [3.63, 3.8) is 0 Å². The number of carbonyl (C=O) groups excluding carboxylic acids is 2. The summed E-state index contributed by atoms with van der Waals surface area (Å²) in [4.78, 5) is 26.7. The minimum Gasteiger partial charge on any atom is -0.343 e. The van der Waals surface area contributed by atoms with Crippen LogP contribution < -0.4 is 5.32 Å². The van der Waals surface area contributed by atoms with Crippen molar-refractivity contribution in [1.82, 2.24) is 10.2 Å². The SMILES string of the molecule is CC(C)=CCN1C(=O)C(C)NC(=O)C12CCCCC2. The van der Waals surface area contributed by atoms with E-state index in [0.29, 0.717) is 6.54 Å². The maximum atomic E-state index is 12.5. The van der Waals surface area contributed by atoms with Gasteiger partial charge in [-0.2, -0.15) is 0 Å². The van der Waals surface area contributed by atoms with Crippen molar-refractivity contribution >= 4 is 11.8 Å². The van der Waals surface area contributed by atoms with Crippen LogP contribution in [0.5, 0.6) is 0 Å². The van der Waals surface area contributed by atoms with E-state index in [4.69, 9.17) is 0 Å². The van der Waals surface area contributed by atoms with Gasteiger partial charge in [-0.3, -0.25) is 9.59 Å². The highest BCUT2D eigenvalue weighted by Gasteiger charge is 2.51. The number of hydrogen-bond acceptors (Lipinski definition) is 2. The second-order valence-corrected chi connectivity index (χ2v) is 6.02. The van der Waals surface area contributed by atoms with Crippen molar-refractivity contribution < 1.29 is 9.59 Å². The van der Waals surface area contributed by atoms with E-state index in [2.05, 4.69) is 5.32 Å². The molecule has 0 aromatic rings. The van der Waals surface area contributed by atoms with Gasteiger partial charge in [0.15, 0.2) is 0 Å². The smallest absolute Gasteiger partial charge is 0.246 e. The Morgan fingerprint density at radius 3 is 2.53 bits per heavy atom. The maximum Gasteiger partial charge on any atom is 0.246 e. The second kappa shape index (κ2) is 5.35. The van der Waals surface area contributed by atoms with Gasteiger partial charge in [0.05, 0.1) is 0 Å². The van der Waals surface area contributed by atoms with Gasteiger partial charge in [0.25, 0.3) is 0 Å². The van der Waals surface area contributed by atoms with Crippen LogP contribution in [0.3, 0.4) is 0 Å². The first-order valence-electron chi connectivity index (χ1n) is 7.23. The Bertz CT molecular complexity index is 404. The van der Waals surface area contributed by atoms with Gasteiger partial charge in [0.1, 0.15) is 11.6 Å². The van der Waals surface area contributed by atoms with Crippen molar-refractivity contribution in [2.24, 2.45) is 0 Å². The number of piperazine rings is 1. The average Bonchev–Trinajstić information content (AvgIpc) is 2.37. The predicted molar refractivity (Wildman–Crippen MR) is 74.6 cm³/mol. The topological polar surface area (TPSA) is 49.4 Å². The number of allylic oxidation sites excluding steroid dienone is 1. The molecule has 4 nitrogen and oxygen atoms in total. The van der Waals surface area contributed by atoms with E-state index in [1.807, 2.05) is 24.8 Å². The van der Waals surface area contributed by atoms with E-state index in [0.717, 1.165) is 32.1 Å². The minimum absolute atomic E-state index is 0.0430. The van der Waals surface area contributed by atoms with Crippen molar-refractivity contribution in [3.8, 4) is 0 Å². The summed E-state index contributed by atoms with van der Waals surface area (Å²) in [5.41, 5.74) is 0.589. The van der Waals surface area contributed by atoms with Gasteiger partial charge < -0.3 is 10.2 Å². The van der Waals surface area contributed by atoms with E-state index >= 15 is 0 Å². The Labute approximate surface area is 115 Å². The van der Waals surface area contributed by atoms with Crippen molar-refractivity contribution in [1.29, 1.82) is 0 Å². The van der Waals surface area contributed by atoms with Gasteiger partial charge in [0.2, 0.25) is 11.8 Å². The zero-order chi connectivity index (χ0) is 14.0. The first kappa shape index (κ1) is 14.1. The molecule has 1 atom stereocenters. The third-order valence-electron chi connectivity index (χ3n) is 4.29. The van der Waals surface area contributed by atoms with Crippen molar-refractivity contribution in [3.05, 3.63) is 11.6 Å². The van der Waals surface area contributed by atoms with Crippen LogP contribution in [0.15, 0.2) is 11.6 Å². The third kappa shape index (κ3) is 2.53. The molecule has 0 aromatic carbocycles. The monoisotopic (exact) mass is 264 g/mol. The molecule has 1 heterocycles.